The molecule has 1 saturated heterocycles. The van der Waals surface area contributed by atoms with Gasteiger partial charge < -0.3 is 9.80 Å². The maximum absolute atomic E-state index is 8.13. The smallest absolute Gasteiger partial charge is 0.315 e. The summed E-state index contributed by atoms with van der Waals surface area (Å²) in [4.78, 5) is 14.6. The van der Waals surface area contributed by atoms with Crippen molar-refractivity contribution < 1.29 is 4.58 Å². The summed E-state index contributed by atoms with van der Waals surface area (Å²) in [6, 6.07) is 62.1. The van der Waals surface area contributed by atoms with Gasteiger partial charge in [-0.15, -0.1) is 0 Å². The highest BCUT2D eigenvalue weighted by Gasteiger charge is 2.54. The fraction of sp³-hybridized carbons (Fsp3) is 0.444. The van der Waals surface area contributed by atoms with Crippen LogP contribution in [0.1, 0.15) is 279 Å². The second kappa shape index (κ2) is 27.8. The first-order valence-electron chi connectivity index (χ1n) is 35.9. The number of rotatable bonds is 12. The Morgan fingerprint density at radius 1 is 0.303 bits per heavy atom. The lowest BCUT2D eigenvalue weighted by atomic mass is 9.79. The summed E-state index contributed by atoms with van der Waals surface area (Å²) in [6.07, 6.45) is 0. The molecule has 2 aliphatic heterocycles. The summed E-state index contributed by atoms with van der Waals surface area (Å²) >= 11 is 32.5. The van der Waals surface area contributed by atoms with Gasteiger partial charge in [-0.1, -0.05) is 382 Å². The van der Waals surface area contributed by atoms with Gasteiger partial charge in [0.1, 0.15) is 12.1 Å². The van der Waals surface area contributed by atoms with E-state index < -0.39 is 0 Å². The molecule has 524 valence electrons. The summed E-state index contributed by atoms with van der Waals surface area (Å²) in [5.41, 5.74) is 16.2. The molecule has 0 aromatic heterocycles. The monoisotopic (exact) mass is 1400 g/mol. The predicted molar refractivity (Wildman–Crippen MR) is 425 cm³/mol. The van der Waals surface area contributed by atoms with E-state index in [9.17, 15) is 0 Å². The molecule has 0 saturated carbocycles. The van der Waals surface area contributed by atoms with Crippen molar-refractivity contribution in [2.45, 2.75) is 260 Å². The molecule has 10 rings (SSSR count). The topological polar surface area (TPSA) is 25.1 Å². The highest BCUT2D eigenvalue weighted by molar-refractivity contribution is 6.33. The molecule has 9 heteroatoms. The molecule has 0 bridgehead atoms. The Bertz CT molecular complexity index is 4150. The van der Waals surface area contributed by atoms with E-state index in [0.29, 0.717) is 26.2 Å². The largest absolute Gasteiger partial charge is 0.394 e. The van der Waals surface area contributed by atoms with Crippen LogP contribution in [-0.2, 0) is 69.5 Å². The normalized spacial score (nSPS) is 17.7. The molecule has 2 heterocycles. The number of benzene rings is 8. The highest BCUT2D eigenvalue weighted by atomic mass is 35.5. The Morgan fingerprint density at radius 2 is 0.556 bits per heavy atom. The van der Waals surface area contributed by atoms with Gasteiger partial charge in [0, 0.05) is 34.3 Å². The van der Waals surface area contributed by atoms with Crippen molar-refractivity contribution in [1.29, 1.82) is 0 Å². The Morgan fingerprint density at radius 3 is 0.838 bits per heavy atom. The second-order valence-corrected chi connectivity index (χ2v) is 38.1. The molecule has 4 atom stereocenters. The molecule has 0 spiro atoms. The third-order valence-corrected chi connectivity index (χ3v) is 22.2. The molecule has 0 amide bonds. The number of halogens is 4. The molecule has 0 aliphatic carbocycles. The molecule has 0 N–H and O–H groups in total. The number of guanidine groups is 2. The van der Waals surface area contributed by atoms with Crippen molar-refractivity contribution in [1.82, 2.24) is 14.7 Å². The lowest BCUT2D eigenvalue weighted by Crippen LogP contribution is -2.38. The summed E-state index contributed by atoms with van der Waals surface area (Å²) in [7, 11) is 0. The summed E-state index contributed by atoms with van der Waals surface area (Å²) < 4.78 is 2.60. The van der Waals surface area contributed by atoms with E-state index in [2.05, 4.69) is 355 Å². The standard InChI is InChI=1S/C90H112Cl4N5/c1-83(2,3)65-45-61(73(91)69(49-65)87(13,14)15)53-96-77(57-37-29-25-30-38-57)78(58-39-31-26-32-40-58)97(54-62-46-66(84(4,5)6)50-70(74(62)92)88(16,17)18)81(96)95-82-98(55-63-47-67(85(7,8)9)51-71(75(63)93)89(19,20)21)79(59-41-33-27-34-42-59)80(60-43-35-28-36-44-60)99(82)56-64-48-68(86(10,11)12)52-72(76(64)94)90(22,23)24/h25-52,77-80H,53-56H2,1-24H3/q+1/t77-,78-,79?,80?/m0/s1. The van der Waals surface area contributed by atoms with Crippen LogP contribution >= 0.6 is 46.4 Å². The second-order valence-electron chi connectivity index (χ2n) is 36.6. The molecule has 99 heavy (non-hydrogen) atoms. The quantitative estimate of drug-likeness (QED) is 0.114. The molecule has 2 aliphatic rings. The molecule has 0 radical (unpaired) electrons. The van der Waals surface area contributed by atoms with Crippen LogP contribution in [-0.4, -0.2) is 31.2 Å². The molecule has 8 aromatic rings. The lowest BCUT2D eigenvalue weighted by molar-refractivity contribution is -0.583. The average Bonchev–Trinajstić information content (AvgIpc) is 1.58. The maximum atomic E-state index is 8.13. The van der Waals surface area contributed by atoms with Gasteiger partial charge in [0.2, 0.25) is 0 Å². The SMILES string of the molecule is CC(C)(C)c1cc(CN2C(N=C3N(Cc4cc(C(C)(C)C)cc(C(C)(C)C)c4Cl)[C@@H](c4ccccc4)[C@H](c4ccccc4)N3Cc3cc(C(C)(C)C)cc(C(C)(C)C)c3Cl)=[N+](Cc3cc(C(C)(C)C)cc(C(C)(C)C)c3Cl)C(c3ccccc3)C2c2ccccc2)c(Cl)c(C(C)(C)C)c1. The zero-order chi connectivity index (χ0) is 72.7. The Hall–Kier alpha value is -6.34. The molecule has 1 fully saturated rings. The Balaban J connectivity index is 1.45. The fourth-order valence-electron chi connectivity index (χ4n) is 14.4. The minimum atomic E-state index is -0.315. The fourth-order valence-corrected chi connectivity index (χ4v) is 16.2. The van der Waals surface area contributed by atoms with Gasteiger partial charge in [0.15, 0.2) is 0 Å². The van der Waals surface area contributed by atoms with Crippen molar-refractivity contribution in [3.8, 4) is 0 Å². The summed E-state index contributed by atoms with van der Waals surface area (Å²) in [5.74, 6) is 1.59. The van der Waals surface area contributed by atoms with Gasteiger partial charge in [-0.2, -0.15) is 0 Å². The summed E-state index contributed by atoms with van der Waals surface area (Å²) in [5, 5.41) is 3.07. The number of nitrogens with zero attached hydrogens (tertiary/aromatic N) is 5. The minimum Gasteiger partial charge on any atom is -0.315 e. The lowest BCUT2D eigenvalue weighted by Gasteiger charge is -2.32. The van der Waals surface area contributed by atoms with Crippen molar-refractivity contribution in [3.05, 3.63) is 279 Å². The average molecular weight is 1410 g/mol. The number of aliphatic imine (C=N–C) groups is 1. The van der Waals surface area contributed by atoms with Crippen LogP contribution in [0.4, 0.5) is 0 Å². The summed E-state index contributed by atoms with van der Waals surface area (Å²) in [6.45, 7) is 56.8. The minimum absolute atomic E-state index is 0.200. The number of hydrogen-bond acceptors (Lipinski definition) is 2. The van der Waals surface area contributed by atoms with Crippen LogP contribution in [0.3, 0.4) is 0 Å². The zero-order valence-electron chi connectivity index (χ0n) is 64.1. The molecule has 8 aromatic carbocycles. The van der Waals surface area contributed by atoms with Crippen molar-refractivity contribution >= 4 is 58.3 Å². The van der Waals surface area contributed by atoms with Gasteiger partial charge in [-0.3, -0.25) is 0 Å². The van der Waals surface area contributed by atoms with Crippen molar-refractivity contribution in [2.24, 2.45) is 4.99 Å². The van der Waals surface area contributed by atoms with E-state index in [1.165, 1.54) is 22.3 Å². The van der Waals surface area contributed by atoms with Gasteiger partial charge in [-0.25, -0.2) is 9.48 Å². The first-order chi connectivity index (χ1) is 45.8. The molecule has 5 nitrogen and oxygen atoms in total. The van der Waals surface area contributed by atoms with E-state index in [1.54, 1.807) is 0 Å². The third kappa shape index (κ3) is 16.1. The zero-order valence-corrected chi connectivity index (χ0v) is 67.1. The molecular formula is C90H112Cl4N5+. The van der Waals surface area contributed by atoms with Gasteiger partial charge in [0.05, 0.1) is 35.2 Å². The van der Waals surface area contributed by atoms with Crippen molar-refractivity contribution in [2.75, 3.05) is 0 Å². The van der Waals surface area contributed by atoms with Crippen molar-refractivity contribution in [3.63, 3.8) is 0 Å². The Kier molecular flexibility index (Phi) is 21.1. The van der Waals surface area contributed by atoms with E-state index in [4.69, 9.17) is 51.4 Å². The predicted octanol–water partition coefficient (Wildman–Crippen LogP) is 25.4. The maximum Gasteiger partial charge on any atom is 0.394 e. The Labute approximate surface area is 617 Å². The van der Waals surface area contributed by atoms with E-state index in [1.807, 2.05) is 0 Å². The van der Waals surface area contributed by atoms with Crippen LogP contribution in [0.25, 0.3) is 0 Å². The van der Waals surface area contributed by atoms with Gasteiger partial charge >= 0.3 is 5.96 Å². The first-order valence-corrected chi connectivity index (χ1v) is 37.4. The van der Waals surface area contributed by atoms with Crippen LogP contribution in [0.15, 0.2) is 175 Å². The first kappa shape index (κ1) is 75.3. The van der Waals surface area contributed by atoms with Gasteiger partial charge in [0.25, 0.3) is 5.96 Å². The molecular weight excluding hydrogens is 1290 g/mol. The van der Waals surface area contributed by atoms with Crippen LogP contribution in [0, 0.1) is 0 Å². The molecule has 2 unspecified atom stereocenters. The van der Waals surface area contributed by atoms with Gasteiger partial charge in [-0.05, 0) is 126 Å². The van der Waals surface area contributed by atoms with E-state index in [-0.39, 0.29) is 67.5 Å². The van der Waals surface area contributed by atoms with E-state index >= 15 is 0 Å². The third-order valence-electron chi connectivity index (χ3n) is 20.4. The van der Waals surface area contributed by atoms with Crippen LogP contribution in [0.2, 0.25) is 20.1 Å². The van der Waals surface area contributed by atoms with Crippen LogP contribution < -0.4 is 0 Å². The number of hydrogen-bond donors (Lipinski definition) is 0. The highest BCUT2D eigenvalue weighted by Crippen LogP contribution is 2.52. The van der Waals surface area contributed by atoms with Crippen LogP contribution in [0.5, 0.6) is 0 Å². The van der Waals surface area contributed by atoms with E-state index in [0.717, 1.165) is 98.8 Å².